The molecule has 0 bridgehead atoms. The van der Waals surface area contributed by atoms with Crippen molar-refractivity contribution in [1.82, 2.24) is 4.90 Å². The van der Waals surface area contributed by atoms with Crippen LogP contribution in [0.2, 0.25) is 0 Å². The van der Waals surface area contributed by atoms with Crippen LogP contribution in [0, 0.1) is 0 Å². The fourth-order valence-corrected chi connectivity index (χ4v) is 1.21. The Kier molecular flexibility index (Phi) is 7.33. The molecule has 1 aliphatic heterocycles. The van der Waals surface area contributed by atoms with Crippen LogP contribution in [0.15, 0.2) is 0 Å². The Bertz CT molecular complexity index is 84.2. The minimum atomic E-state index is 0. The molecular formula is C8H18BrNO. The van der Waals surface area contributed by atoms with Gasteiger partial charge in [-0.25, -0.2) is 0 Å². The molecule has 0 N–H and O–H groups in total. The van der Waals surface area contributed by atoms with Crippen LogP contribution in [-0.2, 0) is 4.74 Å². The minimum Gasteiger partial charge on any atom is -0.379 e. The zero-order valence-corrected chi connectivity index (χ0v) is 8.93. The highest BCUT2D eigenvalue weighted by molar-refractivity contribution is 8.93. The van der Waals surface area contributed by atoms with Gasteiger partial charge in [0.05, 0.1) is 13.2 Å². The molecule has 0 aromatic carbocycles. The highest BCUT2D eigenvalue weighted by Gasteiger charge is 2.07. The Morgan fingerprint density at radius 3 is 2.45 bits per heavy atom. The van der Waals surface area contributed by atoms with Gasteiger partial charge in [0.25, 0.3) is 0 Å². The molecule has 0 radical (unpaired) electrons. The molecule has 0 saturated carbocycles. The van der Waals surface area contributed by atoms with Crippen molar-refractivity contribution < 1.29 is 4.74 Å². The first-order valence-electron chi connectivity index (χ1n) is 4.23. The highest BCUT2D eigenvalue weighted by Crippen LogP contribution is 1.98. The molecule has 3 heteroatoms. The van der Waals surface area contributed by atoms with Crippen LogP contribution in [0.1, 0.15) is 19.8 Å². The lowest BCUT2D eigenvalue weighted by Crippen LogP contribution is -2.36. The van der Waals surface area contributed by atoms with Gasteiger partial charge < -0.3 is 4.74 Å². The van der Waals surface area contributed by atoms with Gasteiger partial charge in [0, 0.05) is 13.1 Å². The molecule has 0 unspecified atom stereocenters. The van der Waals surface area contributed by atoms with E-state index < -0.39 is 0 Å². The lowest BCUT2D eigenvalue weighted by molar-refractivity contribution is 0.0373. The van der Waals surface area contributed by atoms with E-state index >= 15 is 0 Å². The molecule has 11 heavy (non-hydrogen) atoms. The molecule has 68 valence electrons. The van der Waals surface area contributed by atoms with Crippen LogP contribution >= 0.6 is 17.0 Å². The predicted molar refractivity (Wildman–Crippen MR) is 52.5 cm³/mol. The first-order valence-corrected chi connectivity index (χ1v) is 4.23. The van der Waals surface area contributed by atoms with Crippen LogP contribution in [0.4, 0.5) is 0 Å². The van der Waals surface area contributed by atoms with Crippen molar-refractivity contribution in [3.05, 3.63) is 0 Å². The number of rotatable bonds is 3. The zero-order valence-electron chi connectivity index (χ0n) is 7.21. The molecule has 0 aromatic heterocycles. The Balaban J connectivity index is 0.000001000. The Labute approximate surface area is 79.7 Å². The summed E-state index contributed by atoms with van der Waals surface area (Å²) in [5, 5.41) is 0. The van der Waals surface area contributed by atoms with Gasteiger partial charge in [0.2, 0.25) is 0 Å². The molecule has 0 aromatic rings. The Morgan fingerprint density at radius 1 is 1.27 bits per heavy atom. The van der Waals surface area contributed by atoms with E-state index in [2.05, 4.69) is 11.8 Å². The third-order valence-electron chi connectivity index (χ3n) is 1.93. The summed E-state index contributed by atoms with van der Waals surface area (Å²) in [6.45, 7) is 7.65. The second kappa shape index (κ2) is 7.07. The number of halogens is 1. The average molecular weight is 224 g/mol. The van der Waals surface area contributed by atoms with Gasteiger partial charge in [0.1, 0.15) is 0 Å². The molecule has 1 rings (SSSR count). The largest absolute Gasteiger partial charge is 0.379 e. The predicted octanol–water partition coefficient (Wildman–Crippen LogP) is 1.70. The van der Waals surface area contributed by atoms with E-state index in [0.29, 0.717) is 0 Å². The van der Waals surface area contributed by atoms with Gasteiger partial charge in [-0.05, 0) is 13.0 Å². The van der Waals surface area contributed by atoms with Gasteiger partial charge in [-0.2, -0.15) is 0 Å². The summed E-state index contributed by atoms with van der Waals surface area (Å²) in [6.07, 6.45) is 2.64. The van der Waals surface area contributed by atoms with Gasteiger partial charge in [-0.1, -0.05) is 13.3 Å². The maximum atomic E-state index is 5.24. The second-order valence-corrected chi connectivity index (χ2v) is 2.81. The van der Waals surface area contributed by atoms with E-state index in [0.717, 1.165) is 26.3 Å². The van der Waals surface area contributed by atoms with Crippen LogP contribution in [-0.4, -0.2) is 37.7 Å². The Morgan fingerprint density at radius 2 is 1.91 bits per heavy atom. The fraction of sp³-hybridized carbons (Fsp3) is 1.00. The standard InChI is InChI=1S/C8H17NO.BrH/c1-2-3-4-9-5-7-10-8-6-9;/h2-8H2,1H3;1H. The van der Waals surface area contributed by atoms with Gasteiger partial charge >= 0.3 is 0 Å². The average Bonchev–Trinajstić information content (AvgIpc) is 2.03. The smallest absolute Gasteiger partial charge is 0.0594 e. The maximum Gasteiger partial charge on any atom is 0.0594 e. The summed E-state index contributed by atoms with van der Waals surface area (Å²) in [6, 6.07) is 0. The number of hydrogen-bond acceptors (Lipinski definition) is 2. The highest BCUT2D eigenvalue weighted by atomic mass is 79.9. The fourth-order valence-electron chi connectivity index (χ4n) is 1.21. The van der Waals surface area contributed by atoms with Crippen LogP contribution < -0.4 is 0 Å². The van der Waals surface area contributed by atoms with Crippen LogP contribution in [0.25, 0.3) is 0 Å². The van der Waals surface area contributed by atoms with Crippen molar-refractivity contribution in [2.75, 3.05) is 32.8 Å². The molecule has 0 aliphatic carbocycles. The summed E-state index contributed by atoms with van der Waals surface area (Å²) < 4.78 is 5.24. The molecule has 2 nitrogen and oxygen atoms in total. The number of hydrogen-bond donors (Lipinski definition) is 0. The number of morpholine rings is 1. The molecular weight excluding hydrogens is 206 g/mol. The van der Waals surface area contributed by atoms with E-state index in [-0.39, 0.29) is 17.0 Å². The maximum absolute atomic E-state index is 5.24. The lowest BCUT2D eigenvalue weighted by Gasteiger charge is -2.26. The minimum absolute atomic E-state index is 0. The Hall–Kier alpha value is 0.400. The molecule has 1 fully saturated rings. The van der Waals surface area contributed by atoms with E-state index in [9.17, 15) is 0 Å². The summed E-state index contributed by atoms with van der Waals surface area (Å²) in [5.74, 6) is 0. The topological polar surface area (TPSA) is 12.5 Å². The van der Waals surface area contributed by atoms with E-state index in [4.69, 9.17) is 4.74 Å². The monoisotopic (exact) mass is 223 g/mol. The normalized spacial score (nSPS) is 19.4. The molecule has 0 spiro atoms. The van der Waals surface area contributed by atoms with Crippen molar-refractivity contribution in [2.45, 2.75) is 19.8 Å². The van der Waals surface area contributed by atoms with Gasteiger partial charge in [0.15, 0.2) is 0 Å². The summed E-state index contributed by atoms with van der Waals surface area (Å²) in [4.78, 5) is 2.48. The summed E-state index contributed by atoms with van der Waals surface area (Å²) in [7, 11) is 0. The van der Waals surface area contributed by atoms with Crippen molar-refractivity contribution in [1.29, 1.82) is 0 Å². The lowest BCUT2D eigenvalue weighted by atomic mass is 10.3. The first kappa shape index (κ1) is 11.4. The van der Waals surface area contributed by atoms with E-state index in [1.54, 1.807) is 0 Å². The first-order chi connectivity index (χ1) is 4.93. The SMILES string of the molecule is Br.CCCCN1CCOCC1. The third kappa shape index (κ3) is 4.77. The molecule has 1 saturated heterocycles. The van der Waals surface area contributed by atoms with Gasteiger partial charge in [-0.3, -0.25) is 4.90 Å². The molecule has 1 aliphatic rings. The molecule has 0 amide bonds. The van der Waals surface area contributed by atoms with Crippen molar-refractivity contribution in [3.63, 3.8) is 0 Å². The summed E-state index contributed by atoms with van der Waals surface area (Å²) in [5.41, 5.74) is 0. The zero-order chi connectivity index (χ0) is 7.23. The van der Waals surface area contributed by atoms with Crippen LogP contribution in [0.5, 0.6) is 0 Å². The number of nitrogens with zero attached hydrogens (tertiary/aromatic N) is 1. The number of ether oxygens (including phenoxy) is 1. The second-order valence-electron chi connectivity index (χ2n) is 2.81. The third-order valence-corrected chi connectivity index (χ3v) is 1.93. The van der Waals surface area contributed by atoms with Crippen molar-refractivity contribution >= 4 is 17.0 Å². The summed E-state index contributed by atoms with van der Waals surface area (Å²) >= 11 is 0. The van der Waals surface area contributed by atoms with Crippen LogP contribution in [0.3, 0.4) is 0 Å². The van der Waals surface area contributed by atoms with E-state index in [1.807, 2.05) is 0 Å². The molecule has 0 atom stereocenters. The quantitative estimate of drug-likeness (QED) is 0.723. The van der Waals surface area contributed by atoms with Crippen molar-refractivity contribution in [2.24, 2.45) is 0 Å². The molecule has 1 heterocycles. The number of unbranched alkanes of at least 4 members (excludes halogenated alkanes) is 1. The van der Waals surface area contributed by atoms with Crippen molar-refractivity contribution in [3.8, 4) is 0 Å². The van der Waals surface area contributed by atoms with Gasteiger partial charge in [-0.15, -0.1) is 17.0 Å². The van der Waals surface area contributed by atoms with E-state index in [1.165, 1.54) is 19.4 Å².